The molecule has 2 atom stereocenters. The maximum atomic E-state index is 12.8. The van der Waals surface area contributed by atoms with E-state index in [9.17, 15) is 13.2 Å². The van der Waals surface area contributed by atoms with Gasteiger partial charge < -0.3 is 10.5 Å². The van der Waals surface area contributed by atoms with Crippen LogP contribution in [0.1, 0.15) is 44.2 Å². The smallest absolute Gasteiger partial charge is 0.416 e. The molecular formula is C16H22F3NO. The average molecular weight is 301 g/mol. The molecule has 2 unspecified atom stereocenters. The van der Waals surface area contributed by atoms with E-state index in [1.54, 1.807) is 0 Å². The van der Waals surface area contributed by atoms with Crippen molar-refractivity contribution in [3.05, 3.63) is 29.3 Å². The zero-order valence-corrected chi connectivity index (χ0v) is 12.4. The summed E-state index contributed by atoms with van der Waals surface area (Å²) in [5.41, 5.74) is 4.84. The number of benzene rings is 1. The van der Waals surface area contributed by atoms with Gasteiger partial charge in [-0.05, 0) is 54.9 Å². The molecule has 2 nitrogen and oxygen atoms in total. The summed E-state index contributed by atoms with van der Waals surface area (Å²) >= 11 is 0. The highest BCUT2D eigenvalue weighted by molar-refractivity contribution is 5.37. The molecule has 2 rings (SSSR count). The van der Waals surface area contributed by atoms with Gasteiger partial charge in [0, 0.05) is 6.54 Å². The SMILES string of the molecule is CC1CC(C)CC(Oc2ccc(C(F)(F)F)c(CN)c2)C1. The van der Waals surface area contributed by atoms with E-state index in [1.807, 2.05) is 0 Å². The molecule has 0 amide bonds. The molecule has 21 heavy (non-hydrogen) atoms. The van der Waals surface area contributed by atoms with Crippen LogP contribution in [0, 0.1) is 11.8 Å². The van der Waals surface area contributed by atoms with Crippen molar-refractivity contribution in [2.75, 3.05) is 0 Å². The molecule has 0 heterocycles. The highest BCUT2D eigenvalue weighted by atomic mass is 19.4. The van der Waals surface area contributed by atoms with Crippen LogP contribution in [0.4, 0.5) is 13.2 Å². The number of rotatable bonds is 3. The van der Waals surface area contributed by atoms with Crippen molar-refractivity contribution in [2.45, 2.75) is 51.9 Å². The van der Waals surface area contributed by atoms with Gasteiger partial charge in [-0.25, -0.2) is 0 Å². The summed E-state index contributed by atoms with van der Waals surface area (Å²) in [6, 6.07) is 3.88. The Kier molecular flexibility index (Phi) is 4.81. The van der Waals surface area contributed by atoms with E-state index in [-0.39, 0.29) is 18.2 Å². The third-order valence-corrected chi connectivity index (χ3v) is 4.04. The molecule has 1 fully saturated rings. The van der Waals surface area contributed by atoms with Crippen LogP contribution in [0.5, 0.6) is 5.75 Å². The Labute approximate surface area is 123 Å². The lowest BCUT2D eigenvalue weighted by Gasteiger charge is -2.31. The molecule has 1 saturated carbocycles. The minimum absolute atomic E-state index is 0.0751. The summed E-state index contributed by atoms with van der Waals surface area (Å²) in [6.45, 7) is 4.22. The lowest BCUT2D eigenvalue weighted by Crippen LogP contribution is -2.28. The van der Waals surface area contributed by atoms with Crippen molar-refractivity contribution in [3.63, 3.8) is 0 Å². The summed E-state index contributed by atoms with van der Waals surface area (Å²) < 4.78 is 44.4. The minimum Gasteiger partial charge on any atom is -0.490 e. The van der Waals surface area contributed by atoms with Crippen LogP contribution >= 0.6 is 0 Å². The van der Waals surface area contributed by atoms with Gasteiger partial charge in [0.25, 0.3) is 0 Å². The maximum Gasteiger partial charge on any atom is 0.416 e. The van der Waals surface area contributed by atoms with Gasteiger partial charge in [-0.2, -0.15) is 13.2 Å². The van der Waals surface area contributed by atoms with Gasteiger partial charge in [-0.3, -0.25) is 0 Å². The first-order valence-corrected chi connectivity index (χ1v) is 7.36. The fourth-order valence-electron chi connectivity index (χ4n) is 3.25. The van der Waals surface area contributed by atoms with Crippen LogP contribution in [0.2, 0.25) is 0 Å². The molecule has 0 spiro atoms. The van der Waals surface area contributed by atoms with Crippen LogP contribution in [0.25, 0.3) is 0 Å². The first kappa shape index (κ1) is 16.1. The second kappa shape index (κ2) is 6.26. The third kappa shape index (κ3) is 4.13. The number of hydrogen-bond acceptors (Lipinski definition) is 2. The van der Waals surface area contributed by atoms with E-state index in [1.165, 1.54) is 18.6 Å². The molecular weight excluding hydrogens is 279 g/mol. The fraction of sp³-hybridized carbons (Fsp3) is 0.625. The Morgan fingerprint density at radius 2 is 1.76 bits per heavy atom. The Balaban J connectivity index is 2.14. The number of hydrogen-bond donors (Lipinski definition) is 1. The van der Waals surface area contributed by atoms with Gasteiger partial charge in [0.05, 0.1) is 11.7 Å². The summed E-state index contributed by atoms with van der Waals surface area (Å²) in [4.78, 5) is 0. The van der Waals surface area contributed by atoms with E-state index in [0.29, 0.717) is 17.6 Å². The lowest BCUT2D eigenvalue weighted by atomic mass is 9.82. The van der Waals surface area contributed by atoms with Crippen molar-refractivity contribution in [2.24, 2.45) is 17.6 Å². The van der Waals surface area contributed by atoms with Crippen molar-refractivity contribution >= 4 is 0 Å². The molecule has 2 N–H and O–H groups in total. The van der Waals surface area contributed by atoms with Crippen molar-refractivity contribution in [1.29, 1.82) is 0 Å². The van der Waals surface area contributed by atoms with E-state index in [0.717, 1.165) is 18.9 Å². The fourth-order valence-corrected chi connectivity index (χ4v) is 3.25. The van der Waals surface area contributed by atoms with E-state index in [4.69, 9.17) is 10.5 Å². The predicted octanol–water partition coefficient (Wildman–Crippen LogP) is 4.37. The van der Waals surface area contributed by atoms with Crippen LogP contribution in [-0.2, 0) is 12.7 Å². The molecule has 0 aromatic heterocycles. The number of halogens is 3. The molecule has 5 heteroatoms. The zero-order valence-electron chi connectivity index (χ0n) is 12.4. The monoisotopic (exact) mass is 301 g/mol. The normalized spacial score (nSPS) is 26.7. The first-order valence-electron chi connectivity index (χ1n) is 7.36. The molecule has 1 aromatic rings. The Bertz CT molecular complexity index is 477. The first-order chi connectivity index (χ1) is 9.79. The lowest BCUT2D eigenvalue weighted by molar-refractivity contribution is -0.138. The van der Waals surface area contributed by atoms with Gasteiger partial charge >= 0.3 is 6.18 Å². The summed E-state index contributed by atoms with van der Waals surface area (Å²) in [5.74, 6) is 1.65. The molecule has 0 bridgehead atoms. The standard InChI is InChI=1S/C16H22F3NO/c1-10-5-11(2)7-14(6-10)21-13-3-4-15(16(17,18)19)12(8-13)9-20/h3-4,8,10-11,14H,5-7,9,20H2,1-2H3. The van der Waals surface area contributed by atoms with E-state index >= 15 is 0 Å². The summed E-state index contributed by atoms with van der Waals surface area (Å²) in [6.07, 6.45) is -1.22. The van der Waals surface area contributed by atoms with Gasteiger partial charge in [-0.15, -0.1) is 0 Å². The van der Waals surface area contributed by atoms with Crippen LogP contribution in [0.3, 0.4) is 0 Å². The van der Waals surface area contributed by atoms with E-state index in [2.05, 4.69) is 13.8 Å². The van der Waals surface area contributed by atoms with Gasteiger partial charge in [0.15, 0.2) is 0 Å². The molecule has 0 aliphatic heterocycles. The molecule has 1 aliphatic carbocycles. The van der Waals surface area contributed by atoms with Crippen molar-refractivity contribution in [3.8, 4) is 5.75 Å². The van der Waals surface area contributed by atoms with Crippen molar-refractivity contribution in [1.82, 2.24) is 0 Å². The topological polar surface area (TPSA) is 35.2 Å². The Hall–Kier alpha value is -1.23. The molecule has 1 aliphatic rings. The second-order valence-electron chi connectivity index (χ2n) is 6.18. The average Bonchev–Trinajstić information content (AvgIpc) is 2.36. The highest BCUT2D eigenvalue weighted by Crippen LogP contribution is 2.35. The third-order valence-electron chi connectivity index (χ3n) is 4.04. The minimum atomic E-state index is -4.37. The van der Waals surface area contributed by atoms with E-state index < -0.39 is 11.7 Å². The quantitative estimate of drug-likeness (QED) is 0.900. The van der Waals surface area contributed by atoms with Crippen LogP contribution in [0.15, 0.2) is 18.2 Å². The van der Waals surface area contributed by atoms with Gasteiger partial charge in [0.1, 0.15) is 5.75 Å². The molecule has 1 aromatic carbocycles. The second-order valence-corrected chi connectivity index (χ2v) is 6.18. The number of ether oxygens (including phenoxy) is 1. The summed E-state index contributed by atoms with van der Waals surface area (Å²) in [7, 11) is 0. The van der Waals surface area contributed by atoms with Crippen molar-refractivity contribution < 1.29 is 17.9 Å². The van der Waals surface area contributed by atoms with Crippen LogP contribution in [-0.4, -0.2) is 6.10 Å². The van der Waals surface area contributed by atoms with Gasteiger partial charge in [0.2, 0.25) is 0 Å². The molecule has 0 saturated heterocycles. The maximum absolute atomic E-state index is 12.8. The largest absolute Gasteiger partial charge is 0.490 e. The number of alkyl halides is 3. The zero-order chi connectivity index (χ0) is 15.6. The molecule has 118 valence electrons. The predicted molar refractivity (Wildman–Crippen MR) is 75.9 cm³/mol. The summed E-state index contributed by atoms with van der Waals surface area (Å²) in [5, 5.41) is 0. The number of nitrogens with two attached hydrogens (primary N) is 1. The molecule has 0 radical (unpaired) electrons. The highest BCUT2D eigenvalue weighted by Gasteiger charge is 2.33. The Morgan fingerprint density at radius 1 is 1.14 bits per heavy atom. The van der Waals surface area contributed by atoms with Gasteiger partial charge in [-0.1, -0.05) is 13.8 Å². The Morgan fingerprint density at radius 3 is 2.29 bits per heavy atom. The van der Waals surface area contributed by atoms with Crippen LogP contribution < -0.4 is 10.5 Å².